The van der Waals surface area contributed by atoms with E-state index in [1.54, 1.807) is 0 Å². The molecule has 7 nitrogen and oxygen atoms in total. The third-order valence-corrected chi connectivity index (χ3v) is 4.18. The number of aryl methyl sites for hydroxylation is 1. The van der Waals surface area contributed by atoms with Gasteiger partial charge in [0.05, 0.1) is 4.92 Å². The normalized spacial score (nSPS) is 10.5. The van der Waals surface area contributed by atoms with Crippen molar-refractivity contribution in [2.45, 2.75) is 17.0 Å². The summed E-state index contributed by atoms with van der Waals surface area (Å²) in [4.78, 5) is 26.1. The molecular formula is C16H11N3O4S. The lowest BCUT2D eigenvalue weighted by molar-refractivity contribution is -0.384. The molecule has 0 aliphatic heterocycles. The van der Waals surface area contributed by atoms with Gasteiger partial charge in [0.25, 0.3) is 10.9 Å². The average Bonchev–Trinajstić information content (AvgIpc) is 3.04. The molecule has 24 heavy (non-hydrogen) atoms. The van der Waals surface area contributed by atoms with Crippen LogP contribution in [-0.2, 0) is 0 Å². The van der Waals surface area contributed by atoms with Crippen molar-refractivity contribution in [3.8, 4) is 11.4 Å². The molecule has 0 N–H and O–H groups in total. The maximum atomic E-state index is 11.1. The first-order valence-corrected chi connectivity index (χ1v) is 7.70. The lowest BCUT2D eigenvalue weighted by Gasteiger charge is -2.00. The summed E-state index contributed by atoms with van der Waals surface area (Å²) < 4.78 is 5.18. The molecule has 3 aromatic rings. The predicted molar refractivity (Wildman–Crippen MR) is 87.1 cm³/mol. The third kappa shape index (κ3) is 3.33. The number of nitro benzene ring substituents is 1. The maximum absolute atomic E-state index is 11.1. The largest absolute Gasteiger partial charge is 0.327 e. The van der Waals surface area contributed by atoms with Gasteiger partial charge in [-0.05, 0) is 24.8 Å². The third-order valence-electron chi connectivity index (χ3n) is 3.25. The van der Waals surface area contributed by atoms with Crippen molar-refractivity contribution in [1.29, 1.82) is 0 Å². The second-order valence-electron chi connectivity index (χ2n) is 4.95. The van der Waals surface area contributed by atoms with Crippen LogP contribution in [0.15, 0.2) is 57.1 Å². The van der Waals surface area contributed by atoms with E-state index in [-0.39, 0.29) is 16.5 Å². The van der Waals surface area contributed by atoms with Crippen molar-refractivity contribution in [1.82, 2.24) is 10.1 Å². The molecule has 120 valence electrons. The van der Waals surface area contributed by atoms with Crippen LogP contribution in [0.5, 0.6) is 0 Å². The molecule has 0 amide bonds. The Kier molecular flexibility index (Phi) is 4.39. The van der Waals surface area contributed by atoms with Gasteiger partial charge < -0.3 is 4.52 Å². The lowest BCUT2D eigenvalue weighted by Crippen LogP contribution is -1.92. The molecule has 0 spiro atoms. The molecule has 0 bridgehead atoms. The molecule has 3 rings (SSSR count). The fourth-order valence-corrected chi connectivity index (χ4v) is 2.76. The van der Waals surface area contributed by atoms with Crippen molar-refractivity contribution in [2.75, 3.05) is 0 Å². The van der Waals surface area contributed by atoms with Crippen LogP contribution in [0.1, 0.15) is 15.9 Å². The quantitative estimate of drug-likeness (QED) is 0.394. The number of nitro groups is 1. The molecule has 0 saturated carbocycles. The molecule has 0 saturated heterocycles. The number of benzene rings is 2. The van der Waals surface area contributed by atoms with Crippen molar-refractivity contribution < 1.29 is 14.2 Å². The summed E-state index contributed by atoms with van der Waals surface area (Å²) in [7, 11) is 0. The number of carbonyl (C=O) groups excluding carboxylic acids is 1. The molecule has 0 atom stereocenters. The standard InChI is InChI=1S/C16H11N3O4S/c1-10-2-4-11(5-3-10)15-17-16(23-18-15)24-14-7-6-13(19(21)22)8-12(14)9-20/h2-9H,1H3. The molecule has 1 aromatic heterocycles. The molecule has 0 aliphatic carbocycles. The Morgan fingerprint density at radius 3 is 2.62 bits per heavy atom. The van der Waals surface area contributed by atoms with Gasteiger partial charge in [0.2, 0.25) is 5.82 Å². The molecule has 0 unspecified atom stereocenters. The second-order valence-corrected chi connectivity index (χ2v) is 5.94. The van der Waals surface area contributed by atoms with Gasteiger partial charge >= 0.3 is 0 Å². The zero-order valence-electron chi connectivity index (χ0n) is 12.5. The van der Waals surface area contributed by atoms with E-state index in [0.717, 1.165) is 22.9 Å². The number of nitrogens with zero attached hydrogens (tertiary/aromatic N) is 3. The zero-order valence-corrected chi connectivity index (χ0v) is 13.3. The summed E-state index contributed by atoms with van der Waals surface area (Å²) in [6.45, 7) is 1.98. The summed E-state index contributed by atoms with van der Waals surface area (Å²) in [5.41, 5.74) is 1.99. The Balaban J connectivity index is 1.86. The number of aldehydes is 1. The first-order chi connectivity index (χ1) is 11.6. The molecule has 0 fully saturated rings. The van der Waals surface area contributed by atoms with Crippen LogP contribution in [0.4, 0.5) is 5.69 Å². The molecule has 0 aliphatic rings. The van der Waals surface area contributed by atoms with Gasteiger partial charge in [0, 0.05) is 28.2 Å². The van der Waals surface area contributed by atoms with Crippen LogP contribution in [-0.4, -0.2) is 21.4 Å². The van der Waals surface area contributed by atoms with E-state index in [2.05, 4.69) is 10.1 Å². The predicted octanol–water partition coefficient (Wildman–Crippen LogP) is 3.92. The van der Waals surface area contributed by atoms with E-state index in [0.29, 0.717) is 17.0 Å². The fourth-order valence-electron chi connectivity index (χ4n) is 2.00. The minimum absolute atomic E-state index is 0.146. The summed E-state index contributed by atoms with van der Waals surface area (Å²) >= 11 is 1.08. The highest BCUT2D eigenvalue weighted by Crippen LogP contribution is 2.32. The van der Waals surface area contributed by atoms with Gasteiger partial charge in [-0.3, -0.25) is 14.9 Å². The minimum Gasteiger partial charge on any atom is -0.327 e. The number of hydrogen-bond donors (Lipinski definition) is 0. The highest BCUT2D eigenvalue weighted by atomic mass is 32.2. The van der Waals surface area contributed by atoms with Gasteiger partial charge in [-0.2, -0.15) is 4.98 Å². The van der Waals surface area contributed by atoms with Crippen molar-refractivity contribution in [3.63, 3.8) is 0 Å². The van der Waals surface area contributed by atoms with E-state index >= 15 is 0 Å². The van der Waals surface area contributed by atoms with Crippen LogP contribution in [0.3, 0.4) is 0 Å². The van der Waals surface area contributed by atoms with E-state index in [9.17, 15) is 14.9 Å². The summed E-state index contributed by atoms with van der Waals surface area (Å²) in [6.07, 6.45) is 0.562. The number of carbonyl (C=O) groups is 1. The highest BCUT2D eigenvalue weighted by Gasteiger charge is 2.15. The Bertz CT molecular complexity index is 906. The fraction of sp³-hybridized carbons (Fsp3) is 0.0625. The monoisotopic (exact) mass is 341 g/mol. The van der Waals surface area contributed by atoms with Crippen LogP contribution in [0.25, 0.3) is 11.4 Å². The van der Waals surface area contributed by atoms with Crippen molar-refractivity contribution >= 4 is 23.7 Å². The lowest BCUT2D eigenvalue weighted by atomic mass is 10.1. The van der Waals surface area contributed by atoms with Crippen LogP contribution in [0.2, 0.25) is 0 Å². The Labute approximate surface area is 140 Å². The van der Waals surface area contributed by atoms with E-state index < -0.39 is 4.92 Å². The van der Waals surface area contributed by atoms with Gasteiger partial charge in [0.15, 0.2) is 6.29 Å². The van der Waals surface area contributed by atoms with Gasteiger partial charge in [-0.15, -0.1) is 0 Å². The Morgan fingerprint density at radius 1 is 1.21 bits per heavy atom. The number of aromatic nitrogens is 2. The van der Waals surface area contributed by atoms with Crippen LogP contribution in [0, 0.1) is 17.0 Å². The number of rotatable bonds is 5. The maximum Gasteiger partial charge on any atom is 0.290 e. The number of non-ortho nitro benzene ring substituents is 1. The summed E-state index contributed by atoms with van der Waals surface area (Å²) in [5, 5.41) is 14.9. The topological polar surface area (TPSA) is 99.1 Å². The molecule has 1 heterocycles. The van der Waals surface area contributed by atoms with E-state index in [4.69, 9.17) is 4.52 Å². The Hall–Kier alpha value is -3.00. The first-order valence-electron chi connectivity index (χ1n) is 6.89. The average molecular weight is 341 g/mol. The molecule has 0 radical (unpaired) electrons. The summed E-state index contributed by atoms with van der Waals surface area (Å²) in [5.74, 6) is 0.437. The molecular weight excluding hydrogens is 330 g/mol. The second kappa shape index (κ2) is 6.63. The van der Waals surface area contributed by atoms with E-state index in [1.807, 2.05) is 31.2 Å². The molecule has 2 aromatic carbocycles. The van der Waals surface area contributed by atoms with Crippen molar-refractivity contribution in [2.24, 2.45) is 0 Å². The summed E-state index contributed by atoms with van der Waals surface area (Å²) in [6, 6.07) is 11.7. The van der Waals surface area contributed by atoms with Gasteiger partial charge in [0.1, 0.15) is 0 Å². The number of hydrogen-bond acceptors (Lipinski definition) is 7. The Morgan fingerprint density at radius 2 is 1.96 bits per heavy atom. The van der Waals surface area contributed by atoms with Crippen LogP contribution >= 0.6 is 11.8 Å². The highest BCUT2D eigenvalue weighted by molar-refractivity contribution is 7.99. The molecule has 8 heteroatoms. The van der Waals surface area contributed by atoms with Gasteiger partial charge in [-0.1, -0.05) is 35.0 Å². The van der Waals surface area contributed by atoms with Gasteiger partial charge in [-0.25, -0.2) is 0 Å². The first kappa shape index (κ1) is 15.9. The SMILES string of the molecule is Cc1ccc(-c2noc(Sc3ccc([N+](=O)[O-])cc3C=O)n2)cc1. The minimum atomic E-state index is -0.552. The van der Waals surface area contributed by atoms with Crippen molar-refractivity contribution in [3.05, 3.63) is 63.7 Å². The van der Waals surface area contributed by atoms with E-state index in [1.165, 1.54) is 18.2 Å². The zero-order chi connectivity index (χ0) is 17.1. The smallest absolute Gasteiger partial charge is 0.290 e. The van der Waals surface area contributed by atoms with Crippen LogP contribution < -0.4 is 0 Å².